The van der Waals surface area contributed by atoms with Crippen molar-refractivity contribution < 1.29 is 0 Å². The van der Waals surface area contributed by atoms with Gasteiger partial charge in [0.1, 0.15) is 0 Å². The minimum atomic E-state index is -0.0862. The van der Waals surface area contributed by atoms with Crippen molar-refractivity contribution in [1.29, 1.82) is 0 Å². The molecule has 0 fully saturated rings. The van der Waals surface area contributed by atoms with Crippen LogP contribution < -0.4 is 4.90 Å². The standard InChI is InChI=1S/C47H33NS/c1-47(2)43-17-9-8-16-40(43)41-26-24-34(29-44(41)47)48(32-21-19-30(20-22-32)46-27-31-11-3-10-18-45(31)49-46)33-23-25-39-37-14-5-4-12-35(37)36-13-6-7-15-38(36)42(39)28-33/h3-29H,1-2H3. The molecule has 0 spiro atoms. The number of anilines is 3. The smallest absolute Gasteiger partial charge is 0.0468 e. The van der Waals surface area contributed by atoms with Crippen LogP contribution in [-0.2, 0) is 5.41 Å². The molecule has 0 N–H and O–H groups in total. The van der Waals surface area contributed by atoms with Crippen LogP contribution in [0.1, 0.15) is 25.0 Å². The molecular weight excluding hydrogens is 611 g/mol. The molecule has 1 nitrogen and oxygen atoms in total. The molecule has 0 saturated heterocycles. The van der Waals surface area contributed by atoms with Crippen molar-refractivity contribution in [3.8, 4) is 21.6 Å². The van der Waals surface area contributed by atoms with Crippen molar-refractivity contribution in [3.05, 3.63) is 175 Å². The topological polar surface area (TPSA) is 3.24 Å². The van der Waals surface area contributed by atoms with Crippen molar-refractivity contribution in [2.45, 2.75) is 19.3 Å². The summed E-state index contributed by atoms with van der Waals surface area (Å²) in [5.74, 6) is 0. The fraction of sp³-hybridized carbons (Fsp3) is 0.0638. The number of hydrogen-bond donors (Lipinski definition) is 0. The van der Waals surface area contributed by atoms with Gasteiger partial charge in [0.25, 0.3) is 0 Å². The molecule has 0 unspecified atom stereocenters. The maximum atomic E-state index is 2.44. The Bertz CT molecular complexity index is 2680. The third-order valence-corrected chi connectivity index (χ3v) is 11.8. The van der Waals surface area contributed by atoms with E-state index in [0.29, 0.717) is 0 Å². The number of hydrogen-bond acceptors (Lipinski definition) is 2. The van der Waals surface area contributed by atoms with E-state index in [1.807, 2.05) is 11.3 Å². The van der Waals surface area contributed by atoms with Crippen molar-refractivity contribution in [2.75, 3.05) is 4.90 Å². The maximum Gasteiger partial charge on any atom is 0.0468 e. The molecule has 10 rings (SSSR count). The zero-order valence-corrected chi connectivity index (χ0v) is 28.3. The predicted octanol–water partition coefficient (Wildman–Crippen LogP) is 13.8. The van der Waals surface area contributed by atoms with Gasteiger partial charge < -0.3 is 4.90 Å². The monoisotopic (exact) mass is 643 g/mol. The van der Waals surface area contributed by atoms with Crippen molar-refractivity contribution in [3.63, 3.8) is 0 Å². The molecule has 0 bridgehead atoms. The van der Waals surface area contributed by atoms with Gasteiger partial charge in [0, 0.05) is 32.1 Å². The first-order valence-electron chi connectivity index (χ1n) is 17.0. The van der Waals surface area contributed by atoms with Crippen LogP contribution in [0, 0.1) is 0 Å². The number of rotatable bonds is 4. The summed E-state index contributed by atoms with van der Waals surface area (Å²) < 4.78 is 1.32. The molecule has 0 saturated carbocycles. The van der Waals surface area contributed by atoms with E-state index in [0.717, 1.165) is 11.4 Å². The molecule has 1 aromatic heterocycles. The molecule has 1 aliphatic carbocycles. The van der Waals surface area contributed by atoms with E-state index in [1.165, 1.54) is 80.8 Å². The van der Waals surface area contributed by atoms with E-state index >= 15 is 0 Å². The minimum Gasteiger partial charge on any atom is -0.310 e. The average molecular weight is 644 g/mol. The van der Waals surface area contributed by atoms with Crippen LogP contribution in [0.4, 0.5) is 17.1 Å². The fourth-order valence-electron chi connectivity index (χ4n) is 8.21. The Balaban J connectivity index is 1.18. The normalized spacial score (nSPS) is 13.3. The molecule has 1 aliphatic rings. The average Bonchev–Trinajstić information content (AvgIpc) is 3.69. The third kappa shape index (κ3) is 4.31. The van der Waals surface area contributed by atoms with Crippen LogP contribution in [0.2, 0.25) is 0 Å². The highest BCUT2D eigenvalue weighted by Gasteiger charge is 2.35. The summed E-state index contributed by atoms with van der Waals surface area (Å²) in [6.07, 6.45) is 0. The lowest BCUT2D eigenvalue weighted by atomic mass is 9.82. The molecule has 232 valence electrons. The summed E-state index contributed by atoms with van der Waals surface area (Å²) in [7, 11) is 0. The summed E-state index contributed by atoms with van der Waals surface area (Å²) in [4.78, 5) is 3.73. The van der Waals surface area contributed by atoms with Crippen LogP contribution in [0.3, 0.4) is 0 Å². The summed E-state index contributed by atoms with van der Waals surface area (Å²) in [5, 5.41) is 9.01. The Kier molecular flexibility index (Phi) is 6.16. The van der Waals surface area contributed by atoms with Gasteiger partial charge in [0.05, 0.1) is 0 Å². The molecule has 0 atom stereocenters. The lowest BCUT2D eigenvalue weighted by Gasteiger charge is -2.28. The Morgan fingerprint density at radius 1 is 0.429 bits per heavy atom. The van der Waals surface area contributed by atoms with E-state index in [9.17, 15) is 0 Å². The van der Waals surface area contributed by atoms with Gasteiger partial charge in [-0.1, -0.05) is 129 Å². The largest absolute Gasteiger partial charge is 0.310 e. The van der Waals surface area contributed by atoms with Gasteiger partial charge in [-0.2, -0.15) is 0 Å². The van der Waals surface area contributed by atoms with Crippen LogP contribution in [0.5, 0.6) is 0 Å². The molecule has 0 aliphatic heterocycles. The van der Waals surface area contributed by atoms with Crippen molar-refractivity contribution >= 4 is 70.8 Å². The van der Waals surface area contributed by atoms with Crippen LogP contribution in [0.25, 0.3) is 64.0 Å². The highest BCUT2D eigenvalue weighted by molar-refractivity contribution is 7.22. The fourth-order valence-corrected chi connectivity index (χ4v) is 9.28. The first-order valence-corrected chi connectivity index (χ1v) is 17.8. The van der Waals surface area contributed by atoms with Gasteiger partial charge in [-0.15, -0.1) is 11.3 Å². The van der Waals surface area contributed by atoms with Gasteiger partial charge in [-0.25, -0.2) is 0 Å². The zero-order valence-electron chi connectivity index (χ0n) is 27.4. The Morgan fingerprint density at radius 3 is 1.71 bits per heavy atom. The van der Waals surface area contributed by atoms with E-state index in [1.54, 1.807) is 0 Å². The minimum absolute atomic E-state index is 0.0862. The highest BCUT2D eigenvalue weighted by Crippen LogP contribution is 2.51. The molecule has 1 heterocycles. The van der Waals surface area contributed by atoms with E-state index in [-0.39, 0.29) is 5.41 Å². The summed E-state index contributed by atoms with van der Waals surface area (Å²) >= 11 is 1.85. The number of fused-ring (bicyclic) bond motifs is 10. The molecule has 0 radical (unpaired) electrons. The Labute approximate surface area is 290 Å². The van der Waals surface area contributed by atoms with E-state index in [4.69, 9.17) is 0 Å². The molecule has 9 aromatic rings. The highest BCUT2D eigenvalue weighted by atomic mass is 32.1. The number of nitrogens with zero attached hydrogens (tertiary/aromatic N) is 1. The van der Waals surface area contributed by atoms with Crippen molar-refractivity contribution in [1.82, 2.24) is 0 Å². The molecule has 0 amide bonds. The van der Waals surface area contributed by atoms with Crippen LogP contribution in [0.15, 0.2) is 164 Å². The first kappa shape index (κ1) is 28.3. The summed E-state index contributed by atoms with van der Waals surface area (Å²) in [6.45, 7) is 4.72. The lowest BCUT2D eigenvalue weighted by Crippen LogP contribution is -2.16. The molecular formula is C47H33NS. The zero-order chi connectivity index (χ0) is 32.7. The molecule has 8 aromatic carbocycles. The second-order valence-electron chi connectivity index (χ2n) is 13.8. The van der Waals surface area contributed by atoms with Gasteiger partial charge in [-0.05, 0) is 114 Å². The Hall–Kier alpha value is -5.70. The van der Waals surface area contributed by atoms with Gasteiger partial charge >= 0.3 is 0 Å². The van der Waals surface area contributed by atoms with Gasteiger partial charge in [-0.3, -0.25) is 0 Å². The van der Waals surface area contributed by atoms with Crippen molar-refractivity contribution in [2.24, 2.45) is 0 Å². The van der Waals surface area contributed by atoms with Crippen LogP contribution in [-0.4, -0.2) is 0 Å². The third-order valence-electron chi connectivity index (χ3n) is 10.6. The molecule has 2 heteroatoms. The summed E-state index contributed by atoms with van der Waals surface area (Å²) in [6, 6.07) is 60.7. The second-order valence-corrected chi connectivity index (χ2v) is 14.8. The number of benzene rings is 8. The van der Waals surface area contributed by atoms with E-state index in [2.05, 4.69) is 183 Å². The van der Waals surface area contributed by atoms with E-state index < -0.39 is 0 Å². The Morgan fingerprint density at radius 2 is 0.980 bits per heavy atom. The quantitative estimate of drug-likeness (QED) is 0.173. The second kappa shape index (κ2) is 10.7. The maximum absolute atomic E-state index is 2.44. The van der Waals surface area contributed by atoms with Gasteiger partial charge in [0.15, 0.2) is 0 Å². The summed E-state index contributed by atoms with van der Waals surface area (Å²) in [5.41, 5.74) is 10.1. The lowest BCUT2D eigenvalue weighted by molar-refractivity contribution is 0.660. The first-order chi connectivity index (χ1) is 24.0. The molecule has 49 heavy (non-hydrogen) atoms. The predicted molar refractivity (Wildman–Crippen MR) is 212 cm³/mol. The SMILES string of the molecule is CC1(C)c2ccccc2-c2ccc(N(c3ccc(-c4cc5ccccc5s4)cc3)c3ccc4c5ccccc5c5ccccc5c4c3)cc21. The number of thiophene rings is 1. The van der Waals surface area contributed by atoms with Gasteiger partial charge in [0.2, 0.25) is 0 Å². The van der Waals surface area contributed by atoms with Crippen LogP contribution >= 0.6 is 11.3 Å².